The van der Waals surface area contributed by atoms with Gasteiger partial charge in [-0.3, -0.25) is 9.59 Å². The first kappa shape index (κ1) is 16.8. The minimum atomic E-state index is -0.772. The summed E-state index contributed by atoms with van der Waals surface area (Å²) >= 11 is 0. The van der Waals surface area contributed by atoms with Crippen LogP contribution < -0.4 is 5.32 Å². The zero-order chi connectivity index (χ0) is 17.5. The molecular weight excluding hydrogens is 322 g/mol. The molecule has 2 saturated carbocycles. The van der Waals surface area contributed by atoms with Crippen molar-refractivity contribution in [3.8, 4) is 0 Å². The van der Waals surface area contributed by atoms with Crippen molar-refractivity contribution < 1.29 is 19.5 Å². The maximum absolute atomic E-state index is 12.4. The van der Waals surface area contributed by atoms with E-state index in [1.807, 2.05) is 4.90 Å². The third-order valence-corrected chi connectivity index (χ3v) is 6.33. The maximum atomic E-state index is 12.4. The number of piperidine rings is 1. The number of hydrogen-bond acceptors (Lipinski definition) is 5. The van der Waals surface area contributed by atoms with Crippen LogP contribution in [-0.4, -0.2) is 57.9 Å². The molecule has 2 N–H and O–H groups in total. The van der Waals surface area contributed by atoms with Crippen LogP contribution in [0, 0.1) is 0 Å². The van der Waals surface area contributed by atoms with Crippen LogP contribution in [0.25, 0.3) is 0 Å². The van der Waals surface area contributed by atoms with Gasteiger partial charge >= 0.3 is 0 Å². The molecule has 0 atom stereocenters. The van der Waals surface area contributed by atoms with Crippen LogP contribution in [0.5, 0.6) is 0 Å². The molecule has 4 aliphatic rings. The summed E-state index contributed by atoms with van der Waals surface area (Å²) in [5.41, 5.74) is -0.724. The van der Waals surface area contributed by atoms with Gasteiger partial charge in [-0.2, -0.15) is 0 Å². The number of likely N-dealkylation sites (tertiary alicyclic amines) is 1. The number of oxime groups is 1. The number of aliphatic hydroxyl groups is 1. The average molecular weight is 349 g/mol. The fraction of sp³-hybridized carbons (Fsp3) is 0.833. The number of nitrogens with one attached hydrogen (secondary N) is 1. The van der Waals surface area contributed by atoms with Crippen LogP contribution in [0.4, 0.5) is 0 Å². The van der Waals surface area contributed by atoms with Gasteiger partial charge in [0.25, 0.3) is 5.91 Å². The minimum absolute atomic E-state index is 0.0268. The third-order valence-electron chi connectivity index (χ3n) is 6.33. The molecule has 4 rings (SSSR count). The van der Waals surface area contributed by atoms with Gasteiger partial charge in [-0.25, -0.2) is 0 Å². The number of carbonyl (C=O) groups is 2. The summed E-state index contributed by atoms with van der Waals surface area (Å²) in [5.74, 6) is -0.0776. The van der Waals surface area contributed by atoms with Gasteiger partial charge in [-0.1, -0.05) is 5.16 Å². The second-order valence-electron chi connectivity index (χ2n) is 8.23. The Labute approximate surface area is 147 Å². The van der Waals surface area contributed by atoms with E-state index >= 15 is 0 Å². The molecule has 2 aliphatic carbocycles. The summed E-state index contributed by atoms with van der Waals surface area (Å²) in [6.07, 6.45) is 7.86. The van der Waals surface area contributed by atoms with E-state index < -0.39 is 11.2 Å². The zero-order valence-electron chi connectivity index (χ0n) is 14.6. The summed E-state index contributed by atoms with van der Waals surface area (Å²) in [7, 11) is 0. The molecule has 25 heavy (non-hydrogen) atoms. The van der Waals surface area contributed by atoms with E-state index in [2.05, 4.69) is 10.5 Å². The smallest absolute Gasteiger partial charge is 0.269 e. The van der Waals surface area contributed by atoms with Crippen molar-refractivity contribution in [3.05, 3.63) is 0 Å². The van der Waals surface area contributed by atoms with E-state index in [1.165, 1.54) is 6.42 Å². The standard InChI is InChI=1S/C18H27N3O4/c22-15(12-17(24)5-2-6-17)21-9-7-18(8-10-21)11-14(20-25-18)16(23)19-13-3-1-4-13/h13,24H,1-12H2,(H,19,23). The predicted octanol–water partition coefficient (Wildman–Crippen LogP) is 1.10. The number of rotatable bonds is 4. The molecule has 0 unspecified atom stereocenters. The van der Waals surface area contributed by atoms with Crippen molar-refractivity contribution in [1.29, 1.82) is 0 Å². The Morgan fingerprint density at radius 2 is 1.92 bits per heavy atom. The Kier molecular flexibility index (Phi) is 4.22. The summed E-state index contributed by atoms with van der Waals surface area (Å²) < 4.78 is 0. The normalized spacial score (nSPS) is 27.1. The quantitative estimate of drug-likeness (QED) is 0.795. The molecule has 1 saturated heterocycles. The van der Waals surface area contributed by atoms with Crippen LogP contribution in [0.15, 0.2) is 5.16 Å². The Morgan fingerprint density at radius 1 is 1.20 bits per heavy atom. The Morgan fingerprint density at radius 3 is 2.48 bits per heavy atom. The van der Waals surface area contributed by atoms with E-state index in [1.54, 1.807) is 0 Å². The molecule has 3 fully saturated rings. The highest BCUT2D eigenvalue weighted by molar-refractivity contribution is 6.39. The molecule has 2 aliphatic heterocycles. The number of nitrogens with zero attached hydrogens (tertiary/aromatic N) is 2. The highest BCUT2D eigenvalue weighted by Crippen LogP contribution is 2.37. The van der Waals surface area contributed by atoms with E-state index in [-0.39, 0.29) is 18.2 Å². The van der Waals surface area contributed by atoms with Crippen molar-refractivity contribution in [3.63, 3.8) is 0 Å². The zero-order valence-corrected chi connectivity index (χ0v) is 14.6. The summed E-state index contributed by atoms with van der Waals surface area (Å²) in [6.45, 7) is 1.20. The van der Waals surface area contributed by atoms with E-state index in [4.69, 9.17) is 4.84 Å². The Balaban J connectivity index is 1.26. The van der Waals surface area contributed by atoms with Crippen molar-refractivity contribution in [2.75, 3.05) is 13.1 Å². The van der Waals surface area contributed by atoms with Gasteiger partial charge in [0.1, 0.15) is 11.3 Å². The first-order valence-electron chi connectivity index (χ1n) is 9.53. The average Bonchev–Trinajstić information content (AvgIpc) is 2.94. The molecule has 0 aromatic rings. The Hall–Kier alpha value is -1.63. The van der Waals surface area contributed by atoms with Crippen molar-refractivity contribution in [2.45, 2.75) is 81.5 Å². The van der Waals surface area contributed by atoms with Gasteiger partial charge in [0, 0.05) is 38.4 Å². The third kappa shape index (κ3) is 3.38. The van der Waals surface area contributed by atoms with Crippen LogP contribution in [0.2, 0.25) is 0 Å². The molecule has 138 valence electrons. The molecule has 7 heteroatoms. The molecule has 7 nitrogen and oxygen atoms in total. The lowest BCUT2D eigenvalue weighted by Crippen LogP contribution is -2.50. The SMILES string of the molecule is O=C(NC1CCC1)C1=NOC2(CCN(C(=O)CC3(O)CCC3)CC2)C1. The number of carbonyl (C=O) groups excluding carboxylic acids is 2. The predicted molar refractivity (Wildman–Crippen MR) is 90.9 cm³/mol. The molecule has 1 spiro atoms. The van der Waals surface area contributed by atoms with Gasteiger partial charge in [0.05, 0.1) is 12.0 Å². The van der Waals surface area contributed by atoms with Crippen LogP contribution >= 0.6 is 0 Å². The fourth-order valence-electron chi connectivity index (χ4n) is 4.05. The van der Waals surface area contributed by atoms with Crippen molar-refractivity contribution in [1.82, 2.24) is 10.2 Å². The Bertz CT molecular complexity index is 587. The molecule has 0 radical (unpaired) electrons. The first-order chi connectivity index (χ1) is 12.0. The monoisotopic (exact) mass is 349 g/mol. The summed E-state index contributed by atoms with van der Waals surface area (Å²) in [6, 6.07) is 0.295. The lowest BCUT2D eigenvalue weighted by Gasteiger charge is -2.40. The van der Waals surface area contributed by atoms with Crippen LogP contribution in [-0.2, 0) is 14.4 Å². The molecule has 0 bridgehead atoms. The molecule has 2 amide bonds. The molecule has 0 aromatic carbocycles. The fourth-order valence-corrected chi connectivity index (χ4v) is 4.05. The lowest BCUT2D eigenvalue weighted by molar-refractivity contribution is -0.145. The van der Waals surface area contributed by atoms with Crippen LogP contribution in [0.3, 0.4) is 0 Å². The minimum Gasteiger partial charge on any atom is -0.389 e. The van der Waals surface area contributed by atoms with Gasteiger partial charge in [-0.15, -0.1) is 0 Å². The summed E-state index contributed by atoms with van der Waals surface area (Å²) in [5, 5.41) is 17.2. The van der Waals surface area contributed by atoms with Crippen molar-refractivity contribution in [2.24, 2.45) is 5.16 Å². The van der Waals surface area contributed by atoms with Crippen molar-refractivity contribution >= 4 is 17.5 Å². The van der Waals surface area contributed by atoms with Gasteiger partial charge < -0.3 is 20.2 Å². The van der Waals surface area contributed by atoms with E-state index in [0.717, 1.165) is 32.1 Å². The summed E-state index contributed by atoms with van der Waals surface area (Å²) in [4.78, 5) is 32.1. The van der Waals surface area contributed by atoms with E-state index in [0.29, 0.717) is 44.1 Å². The highest BCUT2D eigenvalue weighted by Gasteiger charge is 2.46. The molecule has 2 heterocycles. The maximum Gasteiger partial charge on any atom is 0.269 e. The second-order valence-corrected chi connectivity index (χ2v) is 8.23. The van der Waals surface area contributed by atoms with E-state index in [9.17, 15) is 14.7 Å². The lowest BCUT2D eigenvalue weighted by atomic mass is 9.77. The number of hydrogen-bond donors (Lipinski definition) is 2. The second kappa shape index (κ2) is 6.27. The first-order valence-corrected chi connectivity index (χ1v) is 9.53. The topological polar surface area (TPSA) is 91.2 Å². The van der Waals surface area contributed by atoms with Gasteiger partial charge in [0.15, 0.2) is 0 Å². The van der Waals surface area contributed by atoms with Gasteiger partial charge in [0.2, 0.25) is 5.91 Å². The van der Waals surface area contributed by atoms with Crippen LogP contribution in [0.1, 0.15) is 64.2 Å². The molecular formula is C18H27N3O4. The largest absolute Gasteiger partial charge is 0.389 e. The molecule has 0 aromatic heterocycles. The number of amides is 2. The van der Waals surface area contributed by atoms with Gasteiger partial charge in [-0.05, 0) is 38.5 Å². The highest BCUT2D eigenvalue weighted by atomic mass is 16.7.